The third-order valence-electron chi connectivity index (χ3n) is 2.10. The van der Waals surface area contributed by atoms with Crippen molar-refractivity contribution in [3.63, 3.8) is 0 Å². The van der Waals surface area contributed by atoms with Gasteiger partial charge in [-0.1, -0.05) is 0 Å². The Labute approximate surface area is 106 Å². The van der Waals surface area contributed by atoms with E-state index in [1.165, 1.54) is 18.2 Å². The second kappa shape index (κ2) is 5.25. The van der Waals surface area contributed by atoms with Crippen molar-refractivity contribution >= 4 is 15.9 Å². The van der Waals surface area contributed by atoms with Crippen LogP contribution in [0.5, 0.6) is 11.6 Å². The third kappa shape index (κ3) is 3.01. The first-order valence-corrected chi connectivity index (χ1v) is 5.67. The van der Waals surface area contributed by atoms with Gasteiger partial charge in [0.25, 0.3) is 0 Å². The highest BCUT2D eigenvalue weighted by Gasteiger charge is 2.03. The average molecular weight is 298 g/mol. The molecule has 2 aromatic rings. The lowest BCUT2D eigenvalue weighted by Gasteiger charge is -2.06. The molecule has 1 aromatic carbocycles. The van der Waals surface area contributed by atoms with Gasteiger partial charge >= 0.3 is 0 Å². The van der Waals surface area contributed by atoms with Crippen LogP contribution in [0.2, 0.25) is 0 Å². The number of nitrogens with zero attached hydrogens (tertiary/aromatic N) is 1. The Kier molecular flexibility index (Phi) is 3.71. The first-order chi connectivity index (χ1) is 8.19. The van der Waals surface area contributed by atoms with Crippen LogP contribution >= 0.6 is 15.9 Å². The summed E-state index contributed by atoms with van der Waals surface area (Å²) in [4.78, 5) is 3.99. The molecule has 3 nitrogen and oxygen atoms in total. The van der Waals surface area contributed by atoms with E-state index in [2.05, 4.69) is 20.9 Å². The second-order valence-electron chi connectivity index (χ2n) is 3.34. The summed E-state index contributed by atoms with van der Waals surface area (Å²) in [5.74, 6) is 0.477. The molecule has 17 heavy (non-hydrogen) atoms. The van der Waals surface area contributed by atoms with Crippen LogP contribution in [0, 0.1) is 5.82 Å². The van der Waals surface area contributed by atoms with Gasteiger partial charge in [-0.05, 0) is 45.8 Å². The molecule has 0 saturated heterocycles. The minimum absolute atomic E-state index is 0.0774. The smallest absolute Gasteiger partial charge is 0.219 e. The third-order valence-corrected chi connectivity index (χ3v) is 2.70. The number of ether oxygens (including phenoxy) is 1. The van der Waals surface area contributed by atoms with Crippen molar-refractivity contribution in [1.82, 2.24) is 4.98 Å². The van der Waals surface area contributed by atoms with E-state index in [0.717, 1.165) is 0 Å². The summed E-state index contributed by atoms with van der Waals surface area (Å²) in [6.45, 7) is -0.0774. The van der Waals surface area contributed by atoms with Crippen LogP contribution in [0.4, 0.5) is 4.39 Å². The number of hydrogen-bond donors (Lipinski definition) is 1. The van der Waals surface area contributed by atoms with Crippen LogP contribution < -0.4 is 4.74 Å². The van der Waals surface area contributed by atoms with Gasteiger partial charge in [-0.25, -0.2) is 9.37 Å². The molecule has 0 bridgehead atoms. The Balaban J connectivity index is 2.22. The van der Waals surface area contributed by atoms with E-state index in [1.54, 1.807) is 18.3 Å². The van der Waals surface area contributed by atoms with Crippen molar-refractivity contribution in [1.29, 1.82) is 0 Å². The minimum Gasteiger partial charge on any atom is -0.439 e. The van der Waals surface area contributed by atoms with Crippen LogP contribution in [0.3, 0.4) is 0 Å². The van der Waals surface area contributed by atoms with Gasteiger partial charge in [0, 0.05) is 12.3 Å². The van der Waals surface area contributed by atoms with Crippen molar-refractivity contribution in [3.05, 3.63) is 52.4 Å². The summed E-state index contributed by atoms with van der Waals surface area (Å²) in [6, 6.07) is 7.63. The largest absolute Gasteiger partial charge is 0.439 e. The van der Waals surface area contributed by atoms with Crippen molar-refractivity contribution in [2.24, 2.45) is 0 Å². The van der Waals surface area contributed by atoms with Crippen molar-refractivity contribution < 1.29 is 14.2 Å². The van der Waals surface area contributed by atoms with Gasteiger partial charge in [-0.15, -0.1) is 0 Å². The van der Waals surface area contributed by atoms with Crippen LogP contribution in [-0.4, -0.2) is 10.1 Å². The predicted molar refractivity (Wildman–Crippen MR) is 64.3 cm³/mol. The van der Waals surface area contributed by atoms with Gasteiger partial charge in [-0.2, -0.15) is 0 Å². The zero-order valence-corrected chi connectivity index (χ0v) is 10.3. The van der Waals surface area contributed by atoms with E-state index in [0.29, 0.717) is 21.7 Å². The summed E-state index contributed by atoms with van der Waals surface area (Å²) in [7, 11) is 0. The number of aliphatic hydroxyl groups excluding tert-OH is 1. The van der Waals surface area contributed by atoms with E-state index in [9.17, 15) is 4.39 Å². The quantitative estimate of drug-likeness (QED) is 0.945. The predicted octanol–water partition coefficient (Wildman–Crippen LogP) is 3.27. The molecule has 0 unspecified atom stereocenters. The number of rotatable bonds is 3. The first-order valence-electron chi connectivity index (χ1n) is 4.88. The molecule has 0 spiro atoms. The van der Waals surface area contributed by atoms with E-state index in [4.69, 9.17) is 9.84 Å². The fourth-order valence-electron chi connectivity index (χ4n) is 1.27. The summed E-state index contributed by atoms with van der Waals surface area (Å²) in [6.07, 6.45) is 1.54. The molecule has 0 aliphatic rings. The molecule has 88 valence electrons. The van der Waals surface area contributed by atoms with Gasteiger partial charge in [0.05, 0.1) is 11.1 Å². The molecule has 0 saturated carbocycles. The van der Waals surface area contributed by atoms with Gasteiger partial charge in [0.15, 0.2) is 0 Å². The molecular weight excluding hydrogens is 289 g/mol. The number of pyridine rings is 1. The molecule has 1 aromatic heterocycles. The molecule has 0 amide bonds. The molecule has 1 N–H and O–H groups in total. The zero-order chi connectivity index (χ0) is 12.3. The molecule has 1 heterocycles. The molecular formula is C12H9BrFNO2. The highest BCUT2D eigenvalue weighted by Crippen LogP contribution is 2.25. The summed E-state index contributed by atoms with van der Waals surface area (Å²) in [5, 5.41) is 8.97. The number of aromatic nitrogens is 1. The zero-order valence-electron chi connectivity index (χ0n) is 8.73. The van der Waals surface area contributed by atoms with Crippen molar-refractivity contribution in [2.45, 2.75) is 6.61 Å². The Morgan fingerprint density at radius 2 is 2.12 bits per heavy atom. The lowest BCUT2D eigenvalue weighted by atomic mass is 10.3. The Hall–Kier alpha value is -1.46. The molecule has 5 heteroatoms. The monoisotopic (exact) mass is 297 g/mol. The van der Waals surface area contributed by atoms with Crippen LogP contribution in [0.25, 0.3) is 0 Å². The van der Waals surface area contributed by atoms with E-state index in [-0.39, 0.29) is 12.4 Å². The van der Waals surface area contributed by atoms with Crippen LogP contribution in [0.15, 0.2) is 41.0 Å². The maximum Gasteiger partial charge on any atom is 0.219 e. The SMILES string of the molecule is OCc1ccnc(Oc2ccc(F)c(Br)c2)c1. The summed E-state index contributed by atoms with van der Waals surface area (Å²) < 4.78 is 18.8. The number of aliphatic hydroxyl groups is 1. The first kappa shape index (κ1) is 12.0. The van der Waals surface area contributed by atoms with Crippen LogP contribution in [0.1, 0.15) is 5.56 Å². The number of hydrogen-bond acceptors (Lipinski definition) is 3. The number of halogens is 2. The highest BCUT2D eigenvalue weighted by molar-refractivity contribution is 9.10. The Morgan fingerprint density at radius 3 is 2.82 bits per heavy atom. The molecule has 0 fully saturated rings. The Morgan fingerprint density at radius 1 is 1.29 bits per heavy atom. The summed E-state index contributed by atoms with van der Waals surface area (Å²) >= 11 is 3.07. The topological polar surface area (TPSA) is 42.4 Å². The normalized spacial score (nSPS) is 10.3. The van der Waals surface area contributed by atoms with E-state index < -0.39 is 0 Å². The standard InChI is InChI=1S/C12H9BrFNO2/c13-10-6-9(1-2-11(10)14)17-12-5-8(7-16)3-4-15-12/h1-6,16H,7H2. The second-order valence-corrected chi connectivity index (χ2v) is 4.19. The lowest BCUT2D eigenvalue weighted by Crippen LogP contribution is -1.91. The molecule has 0 aliphatic heterocycles. The van der Waals surface area contributed by atoms with E-state index in [1.807, 2.05) is 0 Å². The average Bonchev–Trinajstić information content (AvgIpc) is 2.34. The van der Waals surface area contributed by atoms with Gasteiger partial charge in [0.2, 0.25) is 5.88 Å². The highest BCUT2D eigenvalue weighted by atomic mass is 79.9. The van der Waals surface area contributed by atoms with Gasteiger partial charge in [0.1, 0.15) is 11.6 Å². The van der Waals surface area contributed by atoms with Gasteiger partial charge in [-0.3, -0.25) is 0 Å². The lowest BCUT2D eigenvalue weighted by molar-refractivity contribution is 0.281. The number of benzene rings is 1. The molecule has 2 rings (SSSR count). The van der Waals surface area contributed by atoms with E-state index >= 15 is 0 Å². The fraction of sp³-hybridized carbons (Fsp3) is 0.0833. The fourth-order valence-corrected chi connectivity index (χ4v) is 1.62. The Bertz CT molecular complexity index is 534. The van der Waals surface area contributed by atoms with Crippen molar-refractivity contribution in [2.75, 3.05) is 0 Å². The maximum absolute atomic E-state index is 13.0. The molecule has 0 aliphatic carbocycles. The van der Waals surface area contributed by atoms with Crippen LogP contribution in [-0.2, 0) is 6.61 Å². The maximum atomic E-state index is 13.0. The van der Waals surface area contributed by atoms with Crippen molar-refractivity contribution in [3.8, 4) is 11.6 Å². The summed E-state index contributed by atoms with van der Waals surface area (Å²) in [5.41, 5.74) is 0.705. The minimum atomic E-state index is -0.352. The molecule has 0 atom stereocenters. The molecule has 0 radical (unpaired) electrons. The van der Waals surface area contributed by atoms with Gasteiger partial charge < -0.3 is 9.84 Å².